The number of amides is 1. The number of carbonyl (C=O) groups is 1. The lowest BCUT2D eigenvalue weighted by Gasteiger charge is -2.37. The first-order valence-corrected chi connectivity index (χ1v) is 7.79. The van der Waals surface area contributed by atoms with E-state index in [1.54, 1.807) is 18.0 Å². The number of nitrogens with one attached hydrogen (secondary N) is 1. The third-order valence-electron chi connectivity index (χ3n) is 4.18. The minimum absolute atomic E-state index is 0.0101. The fraction of sp³-hybridized carbons (Fsp3) is 0.412. The number of carbonyl (C=O) groups excluding carboxylic acids is 1. The van der Waals surface area contributed by atoms with Crippen molar-refractivity contribution < 1.29 is 9.53 Å². The Hall–Kier alpha value is -2.34. The SMILES string of the molecule is COc1ccccc1C1CNCCN1C(=O)Cc1cnn(C)c1. The number of hydrogen-bond donors (Lipinski definition) is 1. The van der Waals surface area contributed by atoms with Crippen LogP contribution in [0.4, 0.5) is 0 Å². The van der Waals surface area contributed by atoms with Crippen LogP contribution in [0.25, 0.3) is 0 Å². The quantitative estimate of drug-likeness (QED) is 0.919. The van der Waals surface area contributed by atoms with Gasteiger partial charge in [-0.1, -0.05) is 18.2 Å². The van der Waals surface area contributed by atoms with Gasteiger partial charge in [0.15, 0.2) is 0 Å². The van der Waals surface area contributed by atoms with Crippen molar-refractivity contribution in [1.29, 1.82) is 0 Å². The van der Waals surface area contributed by atoms with Gasteiger partial charge in [-0.05, 0) is 11.6 Å². The monoisotopic (exact) mass is 314 g/mol. The molecule has 1 atom stereocenters. The molecule has 1 amide bonds. The highest BCUT2D eigenvalue weighted by atomic mass is 16.5. The molecule has 23 heavy (non-hydrogen) atoms. The summed E-state index contributed by atoms with van der Waals surface area (Å²) >= 11 is 0. The molecule has 2 heterocycles. The van der Waals surface area contributed by atoms with Crippen LogP contribution in [0, 0.1) is 0 Å². The molecule has 2 aromatic rings. The van der Waals surface area contributed by atoms with Crippen molar-refractivity contribution in [3.63, 3.8) is 0 Å². The van der Waals surface area contributed by atoms with Crippen LogP contribution in [0.3, 0.4) is 0 Å². The van der Waals surface area contributed by atoms with Gasteiger partial charge >= 0.3 is 0 Å². The molecule has 0 spiro atoms. The predicted octanol–water partition coefficient (Wildman–Crippen LogP) is 1.14. The Kier molecular flexibility index (Phi) is 4.62. The van der Waals surface area contributed by atoms with Crippen molar-refractivity contribution in [3.05, 3.63) is 47.8 Å². The number of rotatable bonds is 4. The Bertz CT molecular complexity index is 683. The third-order valence-corrected chi connectivity index (χ3v) is 4.18. The summed E-state index contributed by atoms with van der Waals surface area (Å²) < 4.78 is 7.19. The van der Waals surface area contributed by atoms with E-state index in [0.29, 0.717) is 13.0 Å². The van der Waals surface area contributed by atoms with E-state index >= 15 is 0 Å². The van der Waals surface area contributed by atoms with E-state index in [1.807, 2.05) is 42.4 Å². The van der Waals surface area contributed by atoms with Crippen molar-refractivity contribution in [2.45, 2.75) is 12.5 Å². The Morgan fingerprint density at radius 3 is 3.00 bits per heavy atom. The molecule has 1 aliphatic rings. The van der Waals surface area contributed by atoms with E-state index in [2.05, 4.69) is 10.4 Å². The zero-order valence-electron chi connectivity index (χ0n) is 13.5. The van der Waals surface area contributed by atoms with Crippen LogP contribution in [-0.2, 0) is 18.3 Å². The van der Waals surface area contributed by atoms with Gasteiger partial charge in [-0.2, -0.15) is 5.10 Å². The first-order chi connectivity index (χ1) is 11.2. The molecule has 3 rings (SSSR count). The molecule has 1 unspecified atom stereocenters. The molecule has 1 saturated heterocycles. The van der Waals surface area contributed by atoms with Crippen LogP contribution in [0.2, 0.25) is 0 Å². The minimum atomic E-state index is -0.0101. The molecule has 0 bridgehead atoms. The van der Waals surface area contributed by atoms with Crippen LogP contribution in [-0.4, -0.2) is 47.3 Å². The largest absolute Gasteiger partial charge is 0.496 e. The van der Waals surface area contributed by atoms with Crippen molar-refractivity contribution in [2.24, 2.45) is 7.05 Å². The molecule has 0 radical (unpaired) electrons. The number of ether oxygens (including phenoxy) is 1. The fourth-order valence-electron chi connectivity index (χ4n) is 3.06. The third kappa shape index (κ3) is 3.37. The normalized spacial score (nSPS) is 18.0. The van der Waals surface area contributed by atoms with Gasteiger partial charge in [-0.3, -0.25) is 9.48 Å². The first-order valence-electron chi connectivity index (χ1n) is 7.79. The Balaban J connectivity index is 1.82. The van der Waals surface area contributed by atoms with Gasteiger partial charge in [0.25, 0.3) is 0 Å². The van der Waals surface area contributed by atoms with Crippen molar-refractivity contribution in [2.75, 3.05) is 26.7 Å². The van der Waals surface area contributed by atoms with Crippen molar-refractivity contribution >= 4 is 5.91 Å². The highest BCUT2D eigenvalue weighted by Gasteiger charge is 2.29. The predicted molar refractivity (Wildman–Crippen MR) is 87.2 cm³/mol. The van der Waals surface area contributed by atoms with E-state index < -0.39 is 0 Å². The lowest BCUT2D eigenvalue weighted by Crippen LogP contribution is -2.49. The van der Waals surface area contributed by atoms with Gasteiger partial charge in [0, 0.05) is 38.4 Å². The number of benzene rings is 1. The second-order valence-electron chi connectivity index (χ2n) is 5.75. The number of nitrogens with zero attached hydrogens (tertiary/aromatic N) is 3. The lowest BCUT2D eigenvalue weighted by atomic mass is 10.0. The second-order valence-corrected chi connectivity index (χ2v) is 5.75. The highest BCUT2D eigenvalue weighted by Crippen LogP contribution is 2.30. The molecule has 1 N–H and O–H groups in total. The molecule has 1 aromatic carbocycles. The standard InChI is InChI=1S/C17H22N4O2/c1-20-12-13(10-19-20)9-17(22)21-8-7-18-11-15(21)14-5-3-4-6-16(14)23-2/h3-6,10,12,15,18H,7-9,11H2,1-2H3. The molecule has 6 heteroatoms. The maximum absolute atomic E-state index is 12.8. The van der Waals surface area contributed by atoms with Crippen molar-refractivity contribution in [3.8, 4) is 5.75 Å². The highest BCUT2D eigenvalue weighted by molar-refractivity contribution is 5.79. The summed E-state index contributed by atoms with van der Waals surface area (Å²) in [5.41, 5.74) is 1.98. The van der Waals surface area contributed by atoms with Gasteiger partial charge in [0.1, 0.15) is 5.75 Å². The number of piperazine rings is 1. The summed E-state index contributed by atoms with van der Waals surface area (Å²) in [7, 11) is 3.52. The summed E-state index contributed by atoms with van der Waals surface area (Å²) in [6.07, 6.45) is 4.01. The van der Waals surface area contributed by atoms with Crippen LogP contribution in [0.15, 0.2) is 36.7 Å². The van der Waals surface area contributed by atoms with Gasteiger partial charge in [-0.25, -0.2) is 0 Å². The summed E-state index contributed by atoms with van der Waals surface area (Å²) in [4.78, 5) is 14.7. The fourth-order valence-corrected chi connectivity index (χ4v) is 3.06. The lowest BCUT2D eigenvalue weighted by molar-refractivity contribution is -0.133. The van der Waals surface area contributed by atoms with Crippen LogP contribution < -0.4 is 10.1 Å². The number of hydrogen-bond acceptors (Lipinski definition) is 4. The molecule has 0 saturated carbocycles. The van der Waals surface area contributed by atoms with Crippen molar-refractivity contribution in [1.82, 2.24) is 20.0 Å². The zero-order chi connectivity index (χ0) is 16.2. The number of aryl methyl sites for hydroxylation is 1. The molecule has 0 aliphatic carbocycles. The summed E-state index contributed by atoms with van der Waals surface area (Å²) in [5.74, 6) is 0.941. The van der Waals surface area contributed by atoms with E-state index in [4.69, 9.17) is 4.74 Å². The van der Waals surface area contributed by atoms with E-state index in [9.17, 15) is 4.79 Å². The molecule has 1 aromatic heterocycles. The Labute approximate surface area is 136 Å². The number of aromatic nitrogens is 2. The summed E-state index contributed by atoms with van der Waals surface area (Å²) in [6, 6.07) is 7.88. The molecular weight excluding hydrogens is 292 g/mol. The first kappa shape index (κ1) is 15.6. The molecular formula is C17H22N4O2. The second kappa shape index (κ2) is 6.83. The molecule has 1 aliphatic heterocycles. The summed E-state index contributed by atoms with van der Waals surface area (Å²) in [6.45, 7) is 2.24. The van der Waals surface area contributed by atoms with Crippen LogP contribution in [0.5, 0.6) is 5.75 Å². The van der Waals surface area contributed by atoms with E-state index in [1.165, 1.54) is 0 Å². The number of methoxy groups -OCH3 is 1. The van der Waals surface area contributed by atoms with Gasteiger partial charge in [0.2, 0.25) is 5.91 Å². The van der Waals surface area contributed by atoms with E-state index in [-0.39, 0.29) is 11.9 Å². The average molecular weight is 314 g/mol. The Morgan fingerprint density at radius 2 is 2.26 bits per heavy atom. The zero-order valence-corrected chi connectivity index (χ0v) is 13.5. The van der Waals surface area contributed by atoms with E-state index in [0.717, 1.165) is 30.0 Å². The minimum Gasteiger partial charge on any atom is -0.496 e. The maximum Gasteiger partial charge on any atom is 0.227 e. The van der Waals surface area contributed by atoms with Gasteiger partial charge in [0.05, 0.1) is 25.8 Å². The topological polar surface area (TPSA) is 59.4 Å². The average Bonchev–Trinajstić information content (AvgIpc) is 2.99. The smallest absolute Gasteiger partial charge is 0.227 e. The van der Waals surface area contributed by atoms with Crippen LogP contribution >= 0.6 is 0 Å². The maximum atomic E-state index is 12.8. The molecule has 122 valence electrons. The molecule has 1 fully saturated rings. The Morgan fingerprint density at radius 1 is 1.43 bits per heavy atom. The summed E-state index contributed by atoms with van der Waals surface area (Å²) in [5, 5.41) is 7.50. The van der Waals surface area contributed by atoms with Crippen LogP contribution in [0.1, 0.15) is 17.2 Å². The number of para-hydroxylation sites is 1. The van der Waals surface area contributed by atoms with Gasteiger partial charge in [-0.15, -0.1) is 0 Å². The van der Waals surface area contributed by atoms with Gasteiger partial charge < -0.3 is 15.0 Å². The molecule has 6 nitrogen and oxygen atoms in total.